The predicted molar refractivity (Wildman–Crippen MR) is 73.9 cm³/mol. The number of hydrogen-bond donors (Lipinski definition) is 0. The van der Waals surface area contributed by atoms with E-state index in [4.69, 9.17) is 16.3 Å². The molecule has 6 nitrogen and oxygen atoms in total. The number of fused-ring (bicyclic) bond motifs is 1. The molecule has 0 saturated heterocycles. The van der Waals surface area contributed by atoms with Gasteiger partial charge < -0.3 is 9.47 Å². The number of aromatic nitrogens is 2. The lowest BCUT2D eigenvalue weighted by Crippen LogP contribution is -2.19. The number of nitrogens with zero attached hydrogens (tertiary/aromatic N) is 2. The van der Waals surface area contributed by atoms with Gasteiger partial charge in [0, 0.05) is 0 Å². The second kappa shape index (κ2) is 5.31. The Kier molecular flexibility index (Phi) is 3.48. The fraction of sp³-hybridized carbons (Fsp3) is 0.214. The number of methoxy groups -OCH3 is 1. The highest BCUT2D eigenvalue weighted by Crippen LogP contribution is 2.28. The molecule has 0 N–H and O–H groups in total. The fourth-order valence-electron chi connectivity index (χ4n) is 2.22. The number of esters is 1. The molecule has 0 spiro atoms. The van der Waals surface area contributed by atoms with E-state index in [9.17, 15) is 9.59 Å². The van der Waals surface area contributed by atoms with Crippen molar-refractivity contribution in [1.29, 1.82) is 0 Å². The van der Waals surface area contributed by atoms with Gasteiger partial charge in [0.2, 0.25) is 0 Å². The van der Waals surface area contributed by atoms with E-state index in [0.717, 1.165) is 0 Å². The summed E-state index contributed by atoms with van der Waals surface area (Å²) in [5.74, 6) is -0.655. The maximum absolute atomic E-state index is 11.8. The predicted octanol–water partition coefficient (Wildman–Crippen LogP) is 2.03. The molecule has 1 aromatic heterocycles. The van der Waals surface area contributed by atoms with E-state index in [1.165, 1.54) is 18.0 Å². The molecule has 0 aliphatic carbocycles. The van der Waals surface area contributed by atoms with Gasteiger partial charge in [0.15, 0.2) is 5.78 Å². The summed E-state index contributed by atoms with van der Waals surface area (Å²) in [5.41, 5.74) is 1.87. The molecule has 0 bridgehead atoms. The molecule has 1 aromatic carbocycles. The van der Waals surface area contributed by atoms with Crippen molar-refractivity contribution in [3.8, 4) is 5.69 Å². The lowest BCUT2D eigenvalue weighted by molar-refractivity contribution is 0.0599. The van der Waals surface area contributed by atoms with Gasteiger partial charge in [-0.05, 0) is 12.1 Å². The Morgan fingerprint density at radius 1 is 1.43 bits per heavy atom. The first-order chi connectivity index (χ1) is 10.1. The van der Waals surface area contributed by atoms with Gasteiger partial charge in [0.05, 0.1) is 47.4 Å². The Morgan fingerprint density at radius 3 is 3.00 bits per heavy atom. The topological polar surface area (TPSA) is 70.4 Å². The summed E-state index contributed by atoms with van der Waals surface area (Å²) in [6, 6.07) is 4.95. The second-order valence-electron chi connectivity index (χ2n) is 4.46. The van der Waals surface area contributed by atoms with Crippen LogP contribution in [0.15, 0.2) is 24.4 Å². The third-order valence-corrected chi connectivity index (χ3v) is 3.65. The first-order valence-corrected chi connectivity index (χ1v) is 6.56. The van der Waals surface area contributed by atoms with Crippen molar-refractivity contribution in [2.24, 2.45) is 0 Å². The van der Waals surface area contributed by atoms with E-state index in [1.807, 2.05) is 0 Å². The van der Waals surface area contributed by atoms with Crippen LogP contribution in [-0.2, 0) is 16.1 Å². The molecular weight excluding hydrogens is 296 g/mol. The maximum Gasteiger partial charge on any atom is 0.339 e. The monoisotopic (exact) mass is 306 g/mol. The van der Waals surface area contributed by atoms with Crippen LogP contribution in [0.3, 0.4) is 0 Å². The molecule has 108 valence electrons. The number of rotatable bonds is 2. The van der Waals surface area contributed by atoms with Crippen molar-refractivity contribution in [3.63, 3.8) is 0 Å². The fourth-order valence-corrected chi connectivity index (χ4v) is 2.51. The normalized spacial score (nSPS) is 13.9. The quantitative estimate of drug-likeness (QED) is 0.794. The molecular formula is C14H11ClN2O4. The van der Waals surface area contributed by atoms with Crippen LogP contribution in [0.1, 0.15) is 26.4 Å². The molecule has 21 heavy (non-hydrogen) atoms. The Labute approximate surface area is 125 Å². The van der Waals surface area contributed by atoms with E-state index in [2.05, 4.69) is 9.84 Å². The smallest absolute Gasteiger partial charge is 0.339 e. The molecule has 1 aliphatic heterocycles. The Hall–Kier alpha value is -2.18. The molecule has 2 aromatic rings. The van der Waals surface area contributed by atoms with Crippen molar-refractivity contribution >= 4 is 23.4 Å². The largest absolute Gasteiger partial charge is 0.465 e. The average molecular weight is 307 g/mol. The van der Waals surface area contributed by atoms with Gasteiger partial charge in [-0.2, -0.15) is 5.10 Å². The number of halogens is 1. The number of ether oxygens (including phenoxy) is 2. The number of hydrogen-bond acceptors (Lipinski definition) is 5. The van der Waals surface area contributed by atoms with E-state index in [1.54, 1.807) is 18.2 Å². The van der Waals surface area contributed by atoms with Gasteiger partial charge in [-0.3, -0.25) is 4.79 Å². The van der Waals surface area contributed by atoms with Crippen LogP contribution in [0, 0.1) is 0 Å². The highest BCUT2D eigenvalue weighted by Gasteiger charge is 2.25. The highest BCUT2D eigenvalue weighted by atomic mass is 35.5. The Bertz CT molecular complexity index is 739. The third kappa shape index (κ3) is 2.22. The van der Waals surface area contributed by atoms with Crippen LogP contribution in [0.2, 0.25) is 5.02 Å². The lowest BCUT2D eigenvalue weighted by Gasteiger charge is -2.15. The van der Waals surface area contributed by atoms with Crippen LogP contribution < -0.4 is 0 Å². The van der Waals surface area contributed by atoms with Crippen molar-refractivity contribution in [2.75, 3.05) is 13.7 Å². The summed E-state index contributed by atoms with van der Waals surface area (Å²) in [5, 5.41) is 4.40. The number of ketones is 1. The van der Waals surface area contributed by atoms with Crippen LogP contribution in [0.5, 0.6) is 0 Å². The van der Waals surface area contributed by atoms with Gasteiger partial charge in [-0.15, -0.1) is 0 Å². The molecule has 0 atom stereocenters. The van der Waals surface area contributed by atoms with Crippen molar-refractivity contribution in [2.45, 2.75) is 6.61 Å². The van der Waals surface area contributed by atoms with Gasteiger partial charge in [0.1, 0.15) is 6.61 Å². The van der Waals surface area contributed by atoms with Crippen molar-refractivity contribution < 1.29 is 19.1 Å². The maximum atomic E-state index is 11.8. The standard InChI is InChI=1S/C14H11ClN2O4/c1-20-14(19)8-3-2-4-10(13(8)15)17-11-6-21-7-12(18)9(11)5-16-17/h2-5H,6-7H2,1H3. The Morgan fingerprint density at radius 2 is 2.24 bits per heavy atom. The number of benzene rings is 1. The highest BCUT2D eigenvalue weighted by molar-refractivity contribution is 6.35. The Balaban J connectivity index is 2.14. The third-order valence-electron chi connectivity index (χ3n) is 3.25. The number of Topliss-reactive ketones (excluding diaryl/α,β-unsaturated/α-hetero) is 1. The van der Waals surface area contributed by atoms with Crippen LogP contribution >= 0.6 is 11.6 Å². The zero-order valence-corrected chi connectivity index (χ0v) is 11.9. The molecule has 0 radical (unpaired) electrons. The molecule has 2 heterocycles. The first kappa shape index (κ1) is 13.8. The molecule has 3 rings (SSSR count). The molecule has 0 fully saturated rings. The summed E-state index contributed by atoms with van der Waals surface area (Å²) >= 11 is 6.27. The minimum Gasteiger partial charge on any atom is -0.465 e. The van der Waals surface area contributed by atoms with Crippen LogP contribution in [-0.4, -0.2) is 35.2 Å². The summed E-state index contributed by atoms with van der Waals surface area (Å²) in [6.07, 6.45) is 1.49. The molecule has 0 saturated carbocycles. The van der Waals surface area contributed by atoms with Gasteiger partial charge in [-0.1, -0.05) is 17.7 Å². The van der Waals surface area contributed by atoms with Gasteiger partial charge in [0.25, 0.3) is 0 Å². The molecule has 1 aliphatic rings. The summed E-state index contributed by atoms with van der Waals surface area (Å²) in [6.45, 7) is 0.314. The van der Waals surface area contributed by atoms with Crippen LogP contribution in [0.4, 0.5) is 0 Å². The van der Waals surface area contributed by atoms with E-state index < -0.39 is 5.97 Å². The molecule has 0 unspecified atom stereocenters. The zero-order chi connectivity index (χ0) is 15.0. The average Bonchev–Trinajstić information content (AvgIpc) is 2.92. The van der Waals surface area contributed by atoms with Crippen molar-refractivity contribution in [3.05, 3.63) is 46.2 Å². The van der Waals surface area contributed by atoms with E-state index >= 15 is 0 Å². The van der Waals surface area contributed by atoms with Crippen molar-refractivity contribution in [1.82, 2.24) is 9.78 Å². The molecule has 0 amide bonds. The summed E-state index contributed by atoms with van der Waals surface area (Å²) < 4.78 is 11.4. The zero-order valence-electron chi connectivity index (χ0n) is 11.1. The lowest BCUT2D eigenvalue weighted by atomic mass is 10.1. The van der Waals surface area contributed by atoms with E-state index in [0.29, 0.717) is 16.9 Å². The van der Waals surface area contributed by atoms with Gasteiger partial charge in [-0.25, -0.2) is 9.48 Å². The minimum atomic E-state index is -0.532. The molecule has 7 heteroatoms. The minimum absolute atomic E-state index is 0.0502. The van der Waals surface area contributed by atoms with Gasteiger partial charge >= 0.3 is 5.97 Å². The second-order valence-corrected chi connectivity index (χ2v) is 4.84. The summed E-state index contributed by atoms with van der Waals surface area (Å²) in [7, 11) is 1.29. The summed E-state index contributed by atoms with van der Waals surface area (Å²) in [4.78, 5) is 23.4. The number of carbonyl (C=O) groups is 2. The van der Waals surface area contributed by atoms with E-state index in [-0.39, 0.29) is 29.6 Å². The SMILES string of the molecule is COC(=O)c1cccc(-n2ncc3c2COCC3=O)c1Cl. The van der Waals surface area contributed by atoms with Crippen LogP contribution in [0.25, 0.3) is 5.69 Å². The number of carbonyl (C=O) groups excluding carboxylic acids is 2. The first-order valence-electron chi connectivity index (χ1n) is 6.18.